The summed E-state index contributed by atoms with van der Waals surface area (Å²) < 4.78 is 0. The lowest BCUT2D eigenvalue weighted by Gasteiger charge is -2.34. The Hall–Kier alpha value is -5.52. The van der Waals surface area contributed by atoms with E-state index in [1.54, 1.807) is 35.0 Å². The van der Waals surface area contributed by atoms with Gasteiger partial charge in [-0.05, 0) is 105 Å². The molecule has 0 aromatic heterocycles. The number of fused-ring (bicyclic) bond motifs is 2. The number of rotatable bonds is 7. The van der Waals surface area contributed by atoms with Gasteiger partial charge in [0.05, 0.1) is 34.8 Å². The maximum absolute atomic E-state index is 13.1. The molecule has 280 valence electrons. The molecule has 8 rings (SSSR count). The summed E-state index contributed by atoms with van der Waals surface area (Å²) in [6.07, 6.45) is 3.91. The van der Waals surface area contributed by atoms with Gasteiger partial charge in [0.1, 0.15) is 0 Å². The molecule has 0 bridgehead atoms. The van der Waals surface area contributed by atoms with E-state index in [1.165, 1.54) is 43.6 Å². The van der Waals surface area contributed by atoms with Crippen LogP contribution in [-0.4, -0.2) is 86.8 Å². The number of anilines is 3. The van der Waals surface area contributed by atoms with Crippen molar-refractivity contribution in [3.63, 3.8) is 0 Å². The standard InChI is InChI=1S/C22H25N3O2.C21H24N4O2/c1-23-21(26)19-7-5-6-17-15-25(22(27)20(17)19)18-10-8-16(9-11-18)14-24-12-3-2-4-13-24;1-14-17-4-3-5-18(20(22)26)19(17)21(27)25(14)16-8-6-15(7-9-16)24-12-10-23(2)11-13-24/h5-11H,2-4,12-15H2,1H3,(H,23,26);3-9,14H,10-13H2,1-2H3,(H2,22,26). The SMILES string of the molecule is CC1c2cccc(C(N)=O)c2C(=O)N1c1ccc(N2CCN(C)CC2)cc1.CNC(=O)c1cccc2c1C(=O)N(c1ccc(CN3CCCCC3)cc1)C2. The Labute approximate surface area is 317 Å². The smallest absolute Gasteiger partial charge is 0.260 e. The molecule has 4 amide bonds. The molecule has 4 aliphatic heterocycles. The molecule has 1 unspecified atom stereocenters. The van der Waals surface area contributed by atoms with Gasteiger partial charge in [-0.1, -0.05) is 42.8 Å². The maximum atomic E-state index is 13.1. The van der Waals surface area contributed by atoms with E-state index in [1.807, 2.05) is 49.4 Å². The minimum absolute atomic E-state index is 0.104. The third-order valence-corrected chi connectivity index (χ3v) is 11.1. The number of piperidine rings is 1. The van der Waals surface area contributed by atoms with E-state index in [-0.39, 0.29) is 23.8 Å². The van der Waals surface area contributed by atoms with Crippen LogP contribution in [0, 0.1) is 0 Å². The van der Waals surface area contributed by atoms with Gasteiger partial charge in [0.2, 0.25) is 5.91 Å². The zero-order valence-electron chi connectivity index (χ0n) is 31.4. The maximum Gasteiger partial charge on any atom is 0.260 e. The molecule has 2 fully saturated rings. The van der Waals surface area contributed by atoms with Gasteiger partial charge in [-0.2, -0.15) is 0 Å². The topological polar surface area (TPSA) is 123 Å². The number of amides is 4. The minimum atomic E-state index is -0.570. The van der Waals surface area contributed by atoms with Gasteiger partial charge in [-0.3, -0.25) is 24.1 Å². The third kappa shape index (κ3) is 7.34. The van der Waals surface area contributed by atoms with E-state index in [2.05, 4.69) is 51.3 Å². The number of nitrogens with one attached hydrogen (secondary N) is 1. The molecule has 11 heteroatoms. The molecule has 0 aliphatic carbocycles. The second-order valence-electron chi connectivity index (χ2n) is 14.6. The van der Waals surface area contributed by atoms with Crippen LogP contribution in [0.15, 0.2) is 84.9 Å². The Balaban J connectivity index is 0.000000167. The van der Waals surface area contributed by atoms with Crippen LogP contribution >= 0.6 is 0 Å². The van der Waals surface area contributed by atoms with Crippen molar-refractivity contribution >= 4 is 40.7 Å². The second-order valence-corrected chi connectivity index (χ2v) is 14.6. The number of nitrogens with two attached hydrogens (primary N) is 1. The lowest BCUT2D eigenvalue weighted by Crippen LogP contribution is -2.44. The van der Waals surface area contributed by atoms with Gasteiger partial charge >= 0.3 is 0 Å². The van der Waals surface area contributed by atoms with Gasteiger partial charge < -0.3 is 30.7 Å². The Bertz CT molecular complexity index is 2030. The fraction of sp³-hybridized carbons (Fsp3) is 0.349. The van der Waals surface area contributed by atoms with Crippen LogP contribution in [0.4, 0.5) is 17.1 Å². The van der Waals surface area contributed by atoms with Crippen molar-refractivity contribution in [1.29, 1.82) is 0 Å². The van der Waals surface area contributed by atoms with E-state index < -0.39 is 5.91 Å². The van der Waals surface area contributed by atoms with E-state index in [4.69, 9.17) is 5.73 Å². The third-order valence-electron chi connectivity index (χ3n) is 11.1. The molecule has 0 saturated carbocycles. The quantitative estimate of drug-likeness (QED) is 0.260. The average Bonchev–Trinajstić information content (AvgIpc) is 3.67. The van der Waals surface area contributed by atoms with Crippen LogP contribution in [0.1, 0.15) is 90.4 Å². The first-order chi connectivity index (χ1) is 26.1. The number of primary amides is 1. The molecule has 11 nitrogen and oxygen atoms in total. The molecule has 4 aromatic carbocycles. The fourth-order valence-electron chi connectivity index (χ4n) is 8.08. The number of piperazine rings is 1. The van der Waals surface area contributed by atoms with Crippen LogP contribution in [0.3, 0.4) is 0 Å². The molecule has 0 radical (unpaired) electrons. The van der Waals surface area contributed by atoms with E-state index in [0.29, 0.717) is 28.8 Å². The van der Waals surface area contributed by atoms with Crippen molar-refractivity contribution in [2.24, 2.45) is 5.73 Å². The van der Waals surface area contributed by atoms with Crippen LogP contribution in [0.5, 0.6) is 0 Å². The predicted octanol–water partition coefficient (Wildman–Crippen LogP) is 5.45. The Kier molecular flexibility index (Phi) is 10.8. The van der Waals surface area contributed by atoms with Crippen molar-refractivity contribution in [3.05, 3.63) is 124 Å². The van der Waals surface area contributed by atoms with Gasteiger partial charge in [-0.15, -0.1) is 0 Å². The van der Waals surface area contributed by atoms with Crippen LogP contribution in [0.25, 0.3) is 0 Å². The number of likely N-dealkylation sites (N-methyl/N-ethyl adjacent to an activating group) is 1. The first-order valence-corrected chi connectivity index (χ1v) is 18.9. The molecular formula is C43H49N7O4. The molecule has 54 heavy (non-hydrogen) atoms. The lowest BCUT2D eigenvalue weighted by molar-refractivity contribution is 0.0944. The fourth-order valence-corrected chi connectivity index (χ4v) is 8.08. The molecule has 3 N–H and O–H groups in total. The van der Waals surface area contributed by atoms with Crippen molar-refractivity contribution < 1.29 is 19.2 Å². The van der Waals surface area contributed by atoms with Crippen molar-refractivity contribution in [3.8, 4) is 0 Å². The van der Waals surface area contributed by atoms with Gasteiger partial charge in [0.25, 0.3) is 17.7 Å². The number of likely N-dealkylation sites (tertiary alicyclic amines) is 1. The van der Waals surface area contributed by atoms with Crippen molar-refractivity contribution in [2.45, 2.75) is 45.3 Å². The number of nitrogens with zero attached hydrogens (tertiary/aromatic N) is 5. The minimum Gasteiger partial charge on any atom is -0.369 e. The molecule has 4 aliphatic rings. The lowest BCUT2D eigenvalue weighted by atomic mass is 10.00. The zero-order chi connectivity index (χ0) is 37.9. The van der Waals surface area contributed by atoms with E-state index in [0.717, 1.165) is 55.2 Å². The van der Waals surface area contributed by atoms with Gasteiger partial charge in [0.15, 0.2) is 0 Å². The van der Waals surface area contributed by atoms with Crippen molar-refractivity contribution in [1.82, 2.24) is 15.1 Å². The highest BCUT2D eigenvalue weighted by molar-refractivity contribution is 6.17. The second kappa shape index (κ2) is 15.8. The number of benzene rings is 4. The highest BCUT2D eigenvalue weighted by Gasteiger charge is 2.38. The van der Waals surface area contributed by atoms with E-state index in [9.17, 15) is 19.2 Å². The predicted molar refractivity (Wildman–Crippen MR) is 212 cm³/mol. The Morgan fingerprint density at radius 3 is 2.02 bits per heavy atom. The monoisotopic (exact) mass is 727 g/mol. The number of hydrogen-bond acceptors (Lipinski definition) is 7. The molecule has 2 saturated heterocycles. The van der Waals surface area contributed by atoms with Gasteiger partial charge in [0, 0.05) is 56.8 Å². The summed E-state index contributed by atoms with van der Waals surface area (Å²) in [5.74, 6) is -1.06. The van der Waals surface area contributed by atoms with Gasteiger partial charge in [-0.25, -0.2) is 0 Å². The van der Waals surface area contributed by atoms with Crippen LogP contribution < -0.4 is 25.8 Å². The largest absolute Gasteiger partial charge is 0.369 e. The number of carbonyl (C=O) groups excluding carboxylic acids is 4. The number of carbonyl (C=O) groups is 4. The summed E-state index contributed by atoms with van der Waals surface area (Å²) in [6, 6.07) is 27.0. The van der Waals surface area contributed by atoms with Crippen LogP contribution in [0.2, 0.25) is 0 Å². The Morgan fingerprint density at radius 1 is 0.722 bits per heavy atom. The highest BCUT2D eigenvalue weighted by atomic mass is 16.2. The highest BCUT2D eigenvalue weighted by Crippen LogP contribution is 2.39. The summed E-state index contributed by atoms with van der Waals surface area (Å²) in [5.41, 5.74) is 13.1. The first-order valence-electron chi connectivity index (χ1n) is 18.9. The zero-order valence-corrected chi connectivity index (χ0v) is 31.4. The first kappa shape index (κ1) is 36.8. The van der Waals surface area contributed by atoms with Crippen LogP contribution in [-0.2, 0) is 13.1 Å². The summed E-state index contributed by atoms with van der Waals surface area (Å²) in [5, 5.41) is 2.62. The van der Waals surface area contributed by atoms with Crippen molar-refractivity contribution in [2.75, 3.05) is 68.1 Å². The summed E-state index contributed by atoms with van der Waals surface area (Å²) in [4.78, 5) is 60.6. The average molecular weight is 728 g/mol. The Morgan fingerprint density at radius 2 is 1.35 bits per heavy atom. The van der Waals surface area contributed by atoms with E-state index >= 15 is 0 Å². The molecule has 1 atom stereocenters. The normalized spacial score (nSPS) is 18.6. The molecular weight excluding hydrogens is 679 g/mol. The molecule has 4 heterocycles. The summed E-state index contributed by atoms with van der Waals surface area (Å²) in [6.45, 7) is 9.89. The summed E-state index contributed by atoms with van der Waals surface area (Å²) in [7, 11) is 3.72. The molecule has 0 spiro atoms. The summed E-state index contributed by atoms with van der Waals surface area (Å²) >= 11 is 0. The molecule has 4 aromatic rings. The number of hydrogen-bond donors (Lipinski definition) is 2.